The summed E-state index contributed by atoms with van der Waals surface area (Å²) in [7, 11) is 0. The maximum Gasteiger partial charge on any atom is 0.138 e. The van der Waals surface area contributed by atoms with Crippen molar-refractivity contribution in [3.63, 3.8) is 0 Å². The molecule has 0 bridgehead atoms. The second-order valence-electron chi connectivity index (χ2n) is 4.17. The largest absolute Gasteiger partial charge is 0.361 e. The average Bonchev–Trinajstić information content (AvgIpc) is 2.63. The standard InChI is InChI=1S/C13H17N3O/c1-9-5-4-6-15-13(9)8-14-7-12-10(2)16-17-11(12)3/h4-6,14H,7-8H2,1-3H3. The molecule has 2 heterocycles. The van der Waals surface area contributed by atoms with Crippen LogP contribution >= 0.6 is 0 Å². The van der Waals surface area contributed by atoms with E-state index in [1.54, 1.807) is 0 Å². The molecule has 0 aliphatic heterocycles. The van der Waals surface area contributed by atoms with Crippen LogP contribution in [0.4, 0.5) is 0 Å². The number of aromatic nitrogens is 2. The Morgan fingerprint density at radius 3 is 2.71 bits per heavy atom. The van der Waals surface area contributed by atoms with Crippen molar-refractivity contribution < 1.29 is 4.52 Å². The molecule has 4 nitrogen and oxygen atoms in total. The van der Waals surface area contributed by atoms with E-state index in [4.69, 9.17) is 4.52 Å². The van der Waals surface area contributed by atoms with Crippen molar-refractivity contribution in [1.82, 2.24) is 15.5 Å². The number of rotatable bonds is 4. The lowest BCUT2D eigenvalue weighted by Gasteiger charge is -2.06. The number of aryl methyl sites for hydroxylation is 3. The Hall–Kier alpha value is -1.68. The predicted octanol–water partition coefficient (Wildman–Crippen LogP) is 2.28. The van der Waals surface area contributed by atoms with Crippen LogP contribution in [0.5, 0.6) is 0 Å². The highest BCUT2D eigenvalue weighted by molar-refractivity contribution is 5.21. The quantitative estimate of drug-likeness (QED) is 0.877. The fraction of sp³-hybridized carbons (Fsp3) is 0.385. The summed E-state index contributed by atoms with van der Waals surface area (Å²) in [5, 5.41) is 7.29. The van der Waals surface area contributed by atoms with E-state index < -0.39 is 0 Å². The lowest BCUT2D eigenvalue weighted by atomic mass is 10.2. The van der Waals surface area contributed by atoms with Crippen LogP contribution in [0.2, 0.25) is 0 Å². The maximum atomic E-state index is 5.12. The number of pyridine rings is 1. The molecule has 0 saturated heterocycles. The van der Waals surface area contributed by atoms with Crippen molar-refractivity contribution in [3.05, 3.63) is 46.6 Å². The summed E-state index contributed by atoms with van der Waals surface area (Å²) in [5.74, 6) is 0.882. The maximum absolute atomic E-state index is 5.12. The molecule has 0 fully saturated rings. The molecule has 0 radical (unpaired) electrons. The summed E-state index contributed by atoms with van der Waals surface area (Å²) in [6, 6.07) is 4.02. The Labute approximate surface area is 101 Å². The topological polar surface area (TPSA) is 51.0 Å². The smallest absolute Gasteiger partial charge is 0.138 e. The molecule has 1 N–H and O–H groups in total. The van der Waals surface area contributed by atoms with Gasteiger partial charge in [-0.3, -0.25) is 4.98 Å². The van der Waals surface area contributed by atoms with E-state index in [0.29, 0.717) is 0 Å². The minimum Gasteiger partial charge on any atom is -0.361 e. The van der Waals surface area contributed by atoms with Crippen molar-refractivity contribution in [2.24, 2.45) is 0 Å². The molecule has 0 aromatic carbocycles. The molecule has 0 atom stereocenters. The highest BCUT2D eigenvalue weighted by atomic mass is 16.5. The zero-order valence-electron chi connectivity index (χ0n) is 10.4. The second-order valence-corrected chi connectivity index (χ2v) is 4.17. The lowest BCUT2D eigenvalue weighted by Crippen LogP contribution is -2.15. The molecular weight excluding hydrogens is 214 g/mol. The van der Waals surface area contributed by atoms with E-state index in [2.05, 4.69) is 28.4 Å². The van der Waals surface area contributed by atoms with Gasteiger partial charge in [0.05, 0.1) is 11.4 Å². The summed E-state index contributed by atoms with van der Waals surface area (Å²) >= 11 is 0. The van der Waals surface area contributed by atoms with Gasteiger partial charge in [0.15, 0.2) is 0 Å². The third-order valence-electron chi connectivity index (χ3n) is 2.89. The molecule has 2 rings (SSSR count). The number of nitrogens with zero attached hydrogens (tertiary/aromatic N) is 2. The molecular formula is C13H17N3O. The van der Waals surface area contributed by atoms with Gasteiger partial charge in [0.1, 0.15) is 5.76 Å². The Kier molecular flexibility index (Phi) is 3.54. The van der Waals surface area contributed by atoms with Crippen LogP contribution in [0.25, 0.3) is 0 Å². The minimum absolute atomic E-state index is 0.761. The highest BCUT2D eigenvalue weighted by Gasteiger charge is 2.08. The van der Waals surface area contributed by atoms with Gasteiger partial charge in [-0.05, 0) is 32.4 Å². The second kappa shape index (κ2) is 5.10. The Morgan fingerprint density at radius 2 is 2.06 bits per heavy atom. The molecule has 17 heavy (non-hydrogen) atoms. The third-order valence-corrected chi connectivity index (χ3v) is 2.89. The SMILES string of the molecule is Cc1cccnc1CNCc1c(C)noc1C. The zero-order chi connectivity index (χ0) is 12.3. The van der Waals surface area contributed by atoms with Gasteiger partial charge in [0.25, 0.3) is 0 Å². The molecule has 2 aromatic heterocycles. The average molecular weight is 231 g/mol. The number of nitrogens with one attached hydrogen (secondary N) is 1. The molecule has 0 saturated carbocycles. The van der Waals surface area contributed by atoms with Gasteiger partial charge in [-0.1, -0.05) is 11.2 Å². The van der Waals surface area contributed by atoms with Crippen LogP contribution in [0.3, 0.4) is 0 Å². The van der Waals surface area contributed by atoms with Crippen LogP contribution in [0.1, 0.15) is 28.3 Å². The number of hydrogen-bond acceptors (Lipinski definition) is 4. The van der Waals surface area contributed by atoms with E-state index in [9.17, 15) is 0 Å². The van der Waals surface area contributed by atoms with E-state index in [-0.39, 0.29) is 0 Å². The summed E-state index contributed by atoms with van der Waals surface area (Å²) in [6.45, 7) is 7.48. The fourth-order valence-electron chi connectivity index (χ4n) is 1.76. The van der Waals surface area contributed by atoms with Crippen molar-refractivity contribution >= 4 is 0 Å². The first-order valence-corrected chi connectivity index (χ1v) is 5.71. The molecule has 0 unspecified atom stereocenters. The van der Waals surface area contributed by atoms with Gasteiger partial charge in [-0.2, -0.15) is 0 Å². The molecule has 4 heteroatoms. The van der Waals surface area contributed by atoms with Crippen LogP contribution in [-0.2, 0) is 13.1 Å². The van der Waals surface area contributed by atoms with Crippen molar-refractivity contribution in [1.29, 1.82) is 0 Å². The Bertz CT molecular complexity index is 486. The van der Waals surface area contributed by atoms with Crippen LogP contribution in [0, 0.1) is 20.8 Å². The first-order chi connectivity index (χ1) is 8.18. The molecule has 0 spiro atoms. The minimum atomic E-state index is 0.761. The first-order valence-electron chi connectivity index (χ1n) is 5.71. The summed E-state index contributed by atoms with van der Waals surface area (Å²) < 4.78 is 5.12. The van der Waals surface area contributed by atoms with Gasteiger partial charge in [0.2, 0.25) is 0 Å². The van der Waals surface area contributed by atoms with E-state index in [1.807, 2.05) is 26.1 Å². The summed E-state index contributed by atoms with van der Waals surface area (Å²) in [4.78, 5) is 4.34. The molecule has 0 aliphatic rings. The van der Waals surface area contributed by atoms with Crippen molar-refractivity contribution in [2.75, 3.05) is 0 Å². The fourth-order valence-corrected chi connectivity index (χ4v) is 1.76. The highest BCUT2D eigenvalue weighted by Crippen LogP contribution is 2.12. The van der Waals surface area contributed by atoms with Crippen LogP contribution in [-0.4, -0.2) is 10.1 Å². The van der Waals surface area contributed by atoms with E-state index in [0.717, 1.165) is 35.8 Å². The van der Waals surface area contributed by atoms with Crippen molar-refractivity contribution in [2.45, 2.75) is 33.9 Å². The van der Waals surface area contributed by atoms with Crippen molar-refractivity contribution in [3.8, 4) is 0 Å². The van der Waals surface area contributed by atoms with Gasteiger partial charge in [-0.25, -0.2) is 0 Å². The Balaban J connectivity index is 1.95. The molecule has 2 aromatic rings. The van der Waals surface area contributed by atoms with Crippen LogP contribution < -0.4 is 5.32 Å². The molecule has 0 amide bonds. The molecule has 90 valence electrons. The van der Waals surface area contributed by atoms with E-state index >= 15 is 0 Å². The monoisotopic (exact) mass is 231 g/mol. The lowest BCUT2D eigenvalue weighted by molar-refractivity contribution is 0.392. The summed E-state index contributed by atoms with van der Waals surface area (Å²) in [5.41, 5.74) is 4.38. The van der Waals surface area contributed by atoms with Gasteiger partial charge in [-0.15, -0.1) is 0 Å². The third kappa shape index (κ3) is 2.71. The molecule has 0 aliphatic carbocycles. The first kappa shape index (κ1) is 11.8. The Morgan fingerprint density at radius 1 is 1.24 bits per heavy atom. The zero-order valence-corrected chi connectivity index (χ0v) is 10.4. The normalized spacial score (nSPS) is 10.8. The van der Waals surface area contributed by atoms with Gasteiger partial charge >= 0.3 is 0 Å². The van der Waals surface area contributed by atoms with Crippen LogP contribution in [0.15, 0.2) is 22.9 Å². The predicted molar refractivity (Wildman–Crippen MR) is 65.5 cm³/mol. The number of hydrogen-bond donors (Lipinski definition) is 1. The van der Waals surface area contributed by atoms with E-state index in [1.165, 1.54) is 5.56 Å². The summed E-state index contributed by atoms with van der Waals surface area (Å²) in [6.07, 6.45) is 1.82. The van der Waals surface area contributed by atoms with Gasteiger partial charge < -0.3 is 9.84 Å². The van der Waals surface area contributed by atoms with Gasteiger partial charge in [0, 0.05) is 24.8 Å².